The molecule has 2 aromatic carbocycles. The highest BCUT2D eigenvalue weighted by Crippen LogP contribution is 2.34. The molecule has 4 nitrogen and oxygen atoms in total. The molecule has 0 aliphatic carbocycles. The summed E-state index contributed by atoms with van der Waals surface area (Å²) in [6.07, 6.45) is 0. The van der Waals surface area contributed by atoms with Crippen molar-refractivity contribution in [2.24, 2.45) is 0 Å². The summed E-state index contributed by atoms with van der Waals surface area (Å²) in [5.41, 5.74) is 4.03. The van der Waals surface area contributed by atoms with Gasteiger partial charge in [-0.25, -0.2) is 4.98 Å². The molecule has 1 aromatic heterocycles. The Hall–Kier alpha value is -3.10. The lowest BCUT2D eigenvalue weighted by Crippen LogP contribution is -2.23. The fraction of sp³-hybridized carbons (Fsp3) is 0.136. The number of nitrogens with zero attached hydrogens (tertiary/aromatic N) is 3. The molecule has 0 bridgehead atoms. The van der Waals surface area contributed by atoms with E-state index < -0.39 is 0 Å². The maximum atomic E-state index is 12.0. The number of aromatic nitrogens is 1. The molecule has 3 rings (SSSR count). The van der Waals surface area contributed by atoms with E-state index in [1.54, 1.807) is 14.1 Å². The Balaban J connectivity index is 2.13. The van der Waals surface area contributed by atoms with E-state index >= 15 is 0 Å². The molecule has 5 heteroatoms. The van der Waals surface area contributed by atoms with Gasteiger partial charge < -0.3 is 4.90 Å². The van der Waals surface area contributed by atoms with Gasteiger partial charge in [0.15, 0.2) is 0 Å². The molecule has 0 aliphatic rings. The lowest BCUT2D eigenvalue weighted by atomic mass is 9.99. The van der Waals surface area contributed by atoms with Crippen LogP contribution in [0.25, 0.3) is 22.4 Å². The average molecular weight is 373 g/mol. The van der Waals surface area contributed by atoms with E-state index in [0.29, 0.717) is 10.6 Å². The fourth-order valence-electron chi connectivity index (χ4n) is 2.60. The second kappa shape index (κ2) is 8.52. The Bertz CT molecular complexity index is 980. The molecule has 0 radical (unpaired) electrons. The Kier molecular flexibility index (Phi) is 5.90. The fourth-order valence-corrected chi connectivity index (χ4v) is 3.58. The highest BCUT2D eigenvalue weighted by molar-refractivity contribution is 8.00. The standard InChI is InChI=1S/C22H19N3OS/c1-25(2)21(26)15-27-22-19(14-23)18(16-9-5-3-6-10-16)13-20(24-22)17-11-7-4-8-12-17/h3-13H,15H2,1-2H3. The van der Waals surface area contributed by atoms with Crippen LogP contribution in [0.3, 0.4) is 0 Å². The lowest BCUT2D eigenvalue weighted by Gasteiger charge is -2.14. The molecule has 0 aliphatic heterocycles. The zero-order valence-electron chi connectivity index (χ0n) is 15.2. The van der Waals surface area contributed by atoms with Crippen LogP contribution in [-0.2, 0) is 4.79 Å². The number of hydrogen-bond acceptors (Lipinski definition) is 4. The van der Waals surface area contributed by atoms with Gasteiger partial charge in [-0.3, -0.25) is 4.79 Å². The maximum Gasteiger partial charge on any atom is 0.232 e. The normalized spacial score (nSPS) is 10.3. The SMILES string of the molecule is CN(C)C(=O)CSc1nc(-c2ccccc2)cc(-c2ccccc2)c1C#N. The second-order valence-electron chi connectivity index (χ2n) is 6.16. The van der Waals surface area contributed by atoms with E-state index in [2.05, 4.69) is 6.07 Å². The van der Waals surface area contributed by atoms with E-state index in [-0.39, 0.29) is 11.7 Å². The highest BCUT2D eigenvalue weighted by atomic mass is 32.2. The summed E-state index contributed by atoms with van der Waals surface area (Å²) in [4.78, 5) is 18.3. The number of benzene rings is 2. The van der Waals surface area contributed by atoms with Crippen molar-refractivity contribution in [3.63, 3.8) is 0 Å². The van der Waals surface area contributed by atoms with Crippen LogP contribution in [0.15, 0.2) is 71.8 Å². The topological polar surface area (TPSA) is 57.0 Å². The summed E-state index contributed by atoms with van der Waals surface area (Å²) >= 11 is 1.30. The van der Waals surface area contributed by atoms with Gasteiger partial charge in [0.05, 0.1) is 17.0 Å². The van der Waals surface area contributed by atoms with Crippen LogP contribution in [0.4, 0.5) is 0 Å². The molecular weight excluding hydrogens is 354 g/mol. The van der Waals surface area contributed by atoms with Gasteiger partial charge in [-0.2, -0.15) is 5.26 Å². The van der Waals surface area contributed by atoms with E-state index in [4.69, 9.17) is 4.98 Å². The summed E-state index contributed by atoms with van der Waals surface area (Å²) in [7, 11) is 3.44. The second-order valence-corrected chi connectivity index (χ2v) is 7.12. The third kappa shape index (κ3) is 4.36. The van der Waals surface area contributed by atoms with Crippen molar-refractivity contribution in [3.8, 4) is 28.5 Å². The minimum absolute atomic E-state index is 0.0166. The van der Waals surface area contributed by atoms with Gasteiger partial charge in [0.25, 0.3) is 0 Å². The zero-order valence-corrected chi connectivity index (χ0v) is 16.0. The third-order valence-electron chi connectivity index (χ3n) is 4.08. The van der Waals surface area contributed by atoms with E-state index in [1.165, 1.54) is 16.7 Å². The number of carbonyl (C=O) groups is 1. The molecule has 0 fully saturated rings. The van der Waals surface area contributed by atoms with E-state index in [0.717, 1.165) is 22.4 Å². The van der Waals surface area contributed by atoms with E-state index in [9.17, 15) is 10.1 Å². The minimum atomic E-state index is -0.0166. The van der Waals surface area contributed by atoms with Crippen LogP contribution < -0.4 is 0 Å². The smallest absolute Gasteiger partial charge is 0.232 e. The first-order valence-electron chi connectivity index (χ1n) is 8.49. The van der Waals surface area contributed by atoms with Crippen molar-refractivity contribution in [2.75, 3.05) is 19.8 Å². The molecule has 0 saturated carbocycles. The molecule has 0 atom stereocenters. The van der Waals surface area contributed by atoms with Crippen molar-refractivity contribution in [3.05, 3.63) is 72.3 Å². The van der Waals surface area contributed by atoms with Crippen molar-refractivity contribution in [1.29, 1.82) is 5.26 Å². The van der Waals surface area contributed by atoms with Crippen LogP contribution in [0, 0.1) is 11.3 Å². The molecule has 0 spiro atoms. The predicted molar refractivity (Wildman–Crippen MR) is 109 cm³/mol. The van der Waals surface area contributed by atoms with Crippen LogP contribution >= 0.6 is 11.8 Å². The summed E-state index contributed by atoms with van der Waals surface area (Å²) in [5, 5.41) is 10.4. The Morgan fingerprint density at radius 2 is 1.63 bits per heavy atom. The third-order valence-corrected chi connectivity index (χ3v) is 5.04. The summed E-state index contributed by atoms with van der Waals surface area (Å²) in [5.74, 6) is 0.221. The number of hydrogen-bond donors (Lipinski definition) is 0. The molecule has 1 heterocycles. The van der Waals surface area contributed by atoms with Crippen LogP contribution in [0.1, 0.15) is 5.56 Å². The molecule has 27 heavy (non-hydrogen) atoms. The predicted octanol–water partition coefficient (Wildman–Crippen LogP) is 4.47. The first-order valence-corrected chi connectivity index (χ1v) is 9.47. The molecule has 0 saturated heterocycles. The number of amides is 1. The van der Waals surface area contributed by atoms with Crippen molar-refractivity contribution >= 4 is 17.7 Å². The van der Waals surface area contributed by atoms with Gasteiger partial charge in [0.1, 0.15) is 11.1 Å². The van der Waals surface area contributed by atoms with Crippen LogP contribution in [0.2, 0.25) is 0 Å². The highest BCUT2D eigenvalue weighted by Gasteiger charge is 2.17. The lowest BCUT2D eigenvalue weighted by molar-refractivity contribution is -0.125. The largest absolute Gasteiger partial charge is 0.348 e. The molecule has 0 unspecified atom stereocenters. The summed E-state index contributed by atoms with van der Waals surface area (Å²) in [6, 6.07) is 23.9. The van der Waals surface area contributed by atoms with Gasteiger partial charge in [0, 0.05) is 25.2 Å². The summed E-state index contributed by atoms with van der Waals surface area (Å²) in [6.45, 7) is 0. The van der Waals surface area contributed by atoms with Gasteiger partial charge in [0.2, 0.25) is 5.91 Å². The number of pyridine rings is 1. The minimum Gasteiger partial charge on any atom is -0.348 e. The van der Waals surface area contributed by atoms with Crippen molar-refractivity contribution in [2.45, 2.75) is 5.03 Å². The molecule has 0 N–H and O–H groups in total. The van der Waals surface area contributed by atoms with Gasteiger partial charge >= 0.3 is 0 Å². The first kappa shape index (κ1) is 18.7. The van der Waals surface area contributed by atoms with Crippen LogP contribution in [-0.4, -0.2) is 35.6 Å². The number of nitriles is 1. The average Bonchev–Trinajstić information content (AvgIpc) is 2.72. The zero-order chi connectivity index (χ0) is 19.2. The summed E-state index contributed by atoms with van der Waals surface area (Å²) < 4.78 is 0. The number of carbonyl (C=O) groups excluding carboxylic acids is 1. The quantitative estimate of drug-likeness (QED) is 0.619. The van der Waals surface area contributed by atoms with Gasteiger partial charge in [-0.15, -0.1) is 0 Å². The Morgan fingerprint density at radius 1 is 1.04 bits per heavy atom. The van der Waals surface area contributed by atoms with Gasteiger partial charge in [-0.05, 0) is 11.6 Å². The maximum absolute atomic E-state index is 12.0. The Morgan fingerprint density at radius 3 is 2.19 bits per heavy atom. The molecule has 3 aromatic rings. The Labute approximate surface area is 163 Å². The monoisotopic (exact) mass is 373 g/mol. The van der Waals surface area contributed by atoms with Crippen molar-refractivity contribution in [1.82, 2.24) is 9.88 Å². The van der Waals surface area contributed by atoms with Crippen LogP contribution in [0.5, 0.6) is 0 Å². The van der Waals surface area contributed by atoms with Crippen molar-refractivity contribution < 1.29 is 4.79 Å². The number of thioether (sulfide) groups is 1. The molecule has 1 amide bonds. The first-order chi connectivity index (χ1) is 13.1. The molecule has 134 valence electrons. The van der Waals surface area contributed by atoms with Gasteiger partial charge in [-0.1, -0.05) is 72.4 Å². The molecular formula is C22H19N3OS. The van der Waals surface area contributed by atoms with E-state index in [1.807, 2.05) is 66.7 Å². The number of rotatable bonds is 5.